The SMILES string of the molecule is CC(C)C(N)C(=O)NC1CCC(O)C(C)C1. The summed E-state index contributed by atoms with van der Waals surface area (Å²) in [6.45, 7) is 5.90. The molecule has 1 saturated carbocycles. The average molecular weight is 228 g/mol. The Bertz CT molecular complexity index is 243. The summed E-state index contributed by atoms with van der Waals surface area (Å²) in [5, 5.41) is 12.6. The quantitative estimate of drug-likeness (QED) is 0.663. The van der Waals surface area contributed by atoms with Crippen LogP contribution >= 0.6 is 0 Å². The van der Waals surface area contributed by atoms with E-state index in [1.807, 2.05) is 20.8 Å². The third-order valence-corrected chi connectivity index (χ3v) is 3.49. The number of aliphatic hydroxyl groups is 1. The molecule has 0 aromatic carbocycles. The highest BCUT2D eigenvalue weighted by molar-refractivity contribution is 5.82. The molecular weight excluding hydrogens is 204 g/mol. The number of nitrogens with two attached hydrogens (primary N) is 1. The summed E-state index contributed by atoms with van der Waals surface area (Å²) < 4.78 is 0. The lowest BCUT2D eigenvalue weighted by atomic mass is 9.84. The second-order valence-corrected chi connectivity index (χ2v) is 5.33. The monoisotopic (exact) mass is 228 g/mol. The topological polar surface area (TPSA) is 75.4 Å². The summed E-state index contributed by atoms with van der Waals surface area (Å²) in [5.41, 5.74) is 5.78. The average Bonchev–Trinajstić information content (AvgIpc) is 2.22. The fraction of sp³-hybridized carbons (Fsp3) is 0.917. The van der Waals surface area contributed by atoms with E-state index in [1.165, 1.54) is 0 Å². The highest BCUT2D eigenvalue weighted by Gasteiger charge is 2.28. The largest absolute Gasteiger partial charge is 0.393 e. The van der Waals surface area contributed by atoms with E-state index in [0.717, 1.165) is 19.3 Å². The van der Waals surface area contributed by atoms with Gasteiger partial charge in [-0.1, -0.05) is 20.8 Å². The van der Waals surface area contributed by atoms with Gasteiger partial charge in [-0.05, 0) is 31.1 Å². The van der Waals surface area contributed by atoms with Gasteiger partial charge in [-0.15, -0.1) is 0 Å². The van der Waals surface area contributed by atoms with Crippen molar-refractivity contribution in [3.63, 3.8) is 0 Å². The number of carbonyl (C=O) groups is 1. The van der Waals surface area contributed by atoms with E-state index in [0.29, 0.717) is 0 Å². The van der Waals surface area contributed by atoms with Crippen LogP contribution in [0.25, 0.3) is 0 Å². The minimum Gasteiger partial charge on any atom is -0.393 e. The lowest BCUT2D eigenvalue weighted by molar-refractivity contribution is -0.124. The molecule has 4 heteroatoms. The highest BCUT2D eigenvalue weighted by atomic mass is 16.3. The van der Waals surface area contributed by atoms with Crippen molar-refractivity contribution < 1.29 is 9.90 Å². The van der Waals surface area contributed by atoms with Crippen molar-refractivity contribution in [1.29, 1.82) is 0 Å². The van der Waals surface area contributed by atoms with Crippen LogP contribution in [0.1, 0.15) is 40.0 Å². The van der Waals surface area contributed by atoms with Crippen LogP contribution in [0.2, 0.25) is 0 Å². The molecule has 1 rings (SSSR count). The van der Waals surface area contributed by atoms with Crippen molar-refractivity contribution >= 4 is 5.91 Å². The van der Waals surface area contributed by atoms with Gasteiger partial charge in [0.25, 0.3) is 0 Å². The first-order valence-corrected chi connectivity index (χ1v) is 6.15. The summed E-state index contributed by atoms with van der Waals surface area (Å²) in [6.07, 6.45) is 2.25. The molecule has 1 amide bonds. The first-order valence-electron chi connectivity index (χ1n) is 6.15. The molecule has 0 aromatic heterocycles. The molecule has 0 spiro atoms. The molecule has 4 N–H and O–H groups in total. The van der Waals surface area contributed by atoms with E-state index in [4.69, 9.17) is 5.73 Å². The van der Waals surface area contributed by atoms with Crippen LogP contribution < -0.4 is 11.1 Å². The Morgan fingerprint density at radius 2 is 2.06 bits per heavy atom. The number of hydrogen-bond acceptors (Lipinski definition) is 3. The molecule has 0 aliphatic heterocycles. The maximum atomic E-state index is 11.7. The second kappa shape index (κ2) is 5.64. The molecule has 1 fully saturated rings. The Balaban J connectivity index is 2.40. The van der Waals surface area contributed by atoms with E-state index in [-0.39, 0.29) is 29.9 Å². The van der Waals surface area contributed by atoms with Gasteiger partial charge in [-0.2, -0.15) is 0 Å². The molecule has 4 atom stereocenters. The summed E-state index contributed by atoms with van der Waals surface area (Å²) in [4.78, 5) is 11.7. The van der Waals surface area contributed by atoms with Gasteiger partial charge in [-0.25, -0.2) is 0 Å². The van der Waals surface area contributed by atoms with Gasteiger partial charge in [-0.3, -0.25) is 4.79 Å². The molecular formula is C12H24N2O2. The van der Waals surface area contributed by atoms with E-state index in [9.17, 15) is 9.90 Å². The number of amides is 1. The smallest absolute Gasteiger partial charge is 0.237 e. The van der Waals surface area contributed by atoms with Gasteiger partial charge < -0.3 is 16.2 Å². The summed E-state index contributed by atoms with van der Waals surface area (Å²) in [7, 11) is 0. The predicted molar refractivity (Wildman–Crippen MR) is 63.8 cm³/mol. The number of rotatable bonds is 3. The number of aliphatic hydroxyl groups excluding tert-OH is 1. The minimum atomic E-state index is -0.429. The minimum absolute atomic E-state index is 0.0661. The molecule has 0 heterocycles. The van der Waals surface area contributed by atoms with Crippen molar-refractivity contribution in [2.45, 2.75) is 58.2 Å². The van der Waals surface area contributed by atoms with Gasteiger partial charge in [0.2, 0.25) is 5.91 Å². The third-order valence-electron chi connectivity index (χ3n) is 3.49. The Kier molecular flexibility index (Phi) is 4.74. The van der Waals surface area contributed by atoms with Crippen molar-refractivity contribution in [2.75, 3.05) is 0 Å². The van der Waals surface area contributed by atoms with Crippen LogP contribution in [-0.4, -0.2) is 29.2 Å². The zero-order valence-corrected chi connectivity index (χ0v) is 10.4. The number of carbonyl (C=O) groups excluding carboxylic acids is 1. The van der Waals surface area contributed by atoms with Crippen LogP contribution in [0.15, 0.2) is 0 Å². The van der Waals surface area contributed by atoms with Crippen LogP contribution in [0.5, 0.6) is 0 Å². The third kappa shape index (κ3) is 3.46. The molecule has 0 aromatic rings. The Labute approximate surface area is 97.6 Å². The maximum absolute atomic E-state index is 11.7. The number of nitrogens with one attached hydrogen (secondary N) is 1. The molecule has 4 unspecified atom stereocenters. The van der Waals surface area contributed by atoms with Crippen LogP contribution in [0.4, 0.5) is 0 Å². The first kappa shape index (κ1) is 13.5. The van der Waals surface area contributed by atoms with Crippen LogP contribution in [0.3, 0.4) is 0 Å². The normalized spacial score (nSPS) is 32.5. The maximum Gasteiger partial charge on any atom is 0.237 e. The molecule has 4 nitrogen and oxygen atoms in total. The fourth-order valence-corrected chi connectivity index (χ4v) is 2.11. The Hall–Kier alpha value is -0.610. The van der Waals surface area contributed by atoms with E-state index >= 15 is 0 Å². The van der Waals surface area contributed by atoms with Gasteiger partial charge in [0.1, 0.15) is 0 Å². The van der Waals surface area contributed by atoms with E-state index in [2.05, 4.69) is 5.32 Å². The summed E-state index contributed by atoms with van der Waals surface area (Å²) in [5.74, 6) is 0.351. The lowest BCUT2D eigenvalue weighted by Crippen LogP contribution is -2.50. The zero-order valence-electron chi connectivity index (χ0n) is 10.4. The highest BCUT2D eigenvalue weighted by Crippen LogP contribution is 2.24. The van der Waals surface area contributed by atoms with Crippen molar-refractivity contribution in [1.82, 2.24) is 5.32 Å². The summed E-state index contributed by atoms with van der Waals surface area (Å²) in [6, 6.07) is -0.252. The second-order valence-electron chi connectivity index (χ2n) is 5.33. The molecule has 1 aliphatic carbocycles. The predicted octanol–water partition coefficient (Wildman–Crippen LogP) is 0.635. The lowest BCUT2D eigenvalue weighted by Gasteiger charge is -2.32. The molecule has 0 saturated heterocycles. The molecule has 0 radical (unpaired) electrons. The van der Waals surface area contributed by atoms with Gasteiger partial charge >= 0.3 is 0 Å². The van der Waals surface area contributed by atoms with E-state index in [1.54, 1.807) is 0 Å². The Morgan fingerprint density at radius 1 is 1.44 bits per heavy atom. The van der Waals surface area contributed by atoms with Gasteiger partial charge in [0.15, 0.2) is 0 Å². The zero-order chi connectivity index (χ0) is 12.3. The molecule has 1 aliphatic rings. The fourth-order valence-electron chi connectivity index (χ4n) is 2.11. The molecule has 16 heavy (non-hydrogen) atoms. The van der Waals surface area contributed by atoms with Crippen molar-refractivity contribution in [3.05, 3.63) is 0 Å². The molecule has 94 valence electrons. The van der Waals surface area contributed by atoms with Gasteiger partial charge in [0, 0.05) is 6.04 Å². The number of hydrogen-bond donors (Lipinski definition) is 3. The first-order chi connectivity index (χ1) is 7.41. The van der Waals surface area contributed by atoms with E-state index < -0.39 is 6.04 Å². The summed E-state index contributed by atoms with van der Waals surface area (Å²) >= 11 is 0. The van der Waals surface area contributed by atoms with Gasteiger partial charge in [0.05, 0.1) is 12.1 Å². The van der Waals surface area contributed by atoms with Crippen molar-refractivity contribution in [2.24, 2.45) is 17.6 Å². The molecule has 0 bridgehead atoms. The van der Waals surface area contributed by atoms with Crippen LogP contribution in [-0.2, 0) is 4.79 Å². The van der Waals surface area contributed by atoms with Crippen molar-refractivity contribution in [3.8, 4) is 0 Å². The standard InChI is InChI=1S/C12H24N2O2/c1-7(2)11(13)12(16)14-9-4-5-10(15)8(3)6-9/h7-11,15H,4-6,13H2,1-3H3,(H,14,16). The Morgan fingerprint density at radius 3 is 2.56 bits per heavy atom. The van der Waals surface area contributed by atoms with Crippen LogP contribution in [0, 0.1) is 11.8 Å².